The molecule has 1 aromatic rings. The van der Waals surface area contributed by atoms with Crippen LogP contribution in [0.5, 0.6) is 0 Å². The van der Waals surface area contributed by atoms with Gasteiger partial charge in [0.05, 0.1) is 17.6 Å². The van der Waals surface area contributed by atoms with Crippen LogP contribution < -0.4 is 0 Å². The van der Waals surface area contributed by atoms with Gasteiger partial charge in [-0.3, -0.25) is 0 Å². The molecule has 1 rings (SSSR count). The summed E-state index contributed by atoms with van der Waals surface area (Å²) in [6.07, 6.45) is -0.388. The largest absolute Gasteiger partial charge is 0.395 e. The monoisotopic (exact) mass is 297 g/mol. The van der Waals surface area contributed by atoms with Gasteiger partial charge in [0.2, 0.25) is 10.0 Å². The molecule has 2 N–H and O–H groups in total. The standard InChI is InChI=1S/C14H19NO4S/c1-12(17)11-15(2)20(18,19)14-8-5-7-13(10-14)6-3-4-9-16/h5,7-8,10,12,16-17H,4,9,11H2,1-2H3. The van der Waals surface area contributed by atoms with Gasteiger partial charge in [-0.15, -0.1) is 0 Å². The molecule has 5 nitrogen and oxygen atoms in total. The first-order valence-corrected chi connectivity index (χ1v) is 7.66. The fourth-order valence-electron chi connectivity index (χ4n) is 1.60. The molecule has 1 aromatic carbocycles. The minimum atomic E-state index is -3.63. The molecule has 1 atom stereocenters. The van der Waals surface area contributed by atoms with Crippen LogP contribution in [0.25, 0.3) is 0 Å². The molecule has 0 fully saturated rings. The smallest absolute Gasteiger partial charge is 0.242 e. The predicted octanol–water partition coefficient (Wildman–Crippen LogP) is 0.422. The van der Waals surface area contributed by atoms with Crippen LogP contribution in [0, 0.1) is 11.8 Å². The molecule has 0 radical (unpaired) electrons. The summed E-state index contributed by atoms with van der Waals surface area (Å²) in [5.74, 6) is 5.54. The molecule has 0 saturated carbocycles. The van der Waals surface area contributed by atoms with Crippen LogP contribution in [0.15, 0.2) is 29.2 Å². The highest BCUT2D eigenvalue weighted by Crippen LogP contribution is 2.15. The summed E-state index contributed by atoms with van der Waals surface area (Å²) < 4.78 is 25.7. The first-order valence-electron chi connectivity index (χ1n) is 6.22. The minimum Gasteiger partial charge on any atom is -0.395 e. The quantitative estimate of drug-likeness (QED) is 0.772. The van der Waals surface area contributed by atoms with Gasteiger partial charge in [0.15, 0.2) is 0 Å². The van der Waals surface area contributed by atoms with Gasteiger partial charge in [0.25, 0.3) is 0 Å². The Bertz CT molecular complexity index is 599. The second kappa shape index (κ2) is 7.41. The zero-order chi connectivity index (χ0) is 15.2. The molecule has 1 unspecified atom stereocenters. The first-order chi connectivity index (χ1) is 9.37. The minimum absolute atomic E-state index is 0.0257. The third-order valence-corrected chi connectivity index (χ3v) is 4.35. The van der Waals surface area contributed by atoms with E-state index in [4.69, 9.17) is 5.11 Å². The van der Waals surface area contributed by atoms with Gasteiger partial charge in [0.1, 0.15) is 0 Å². The van der Waals surface area contributed by atoms with Crippen LogP contribution in [0.3, 0.4) is 0 Å². The van der Waals surface area contributed by atoms with Gasteiger partial charge < -0.3 is 10.2 Å². The number of nitrogens with zero attached hydrogens (tertiary/aromatic N) is 1. The topological polar surface area (TPSA) is 77.8 Å². The summed E-state index contributed by atoms with van der Waals surface area (Å²) >= 11 is 0. The van der Waals surface area contributed by atoms with Crippen molar-refractivity contribution in [2.75, 3.05) is 20.2 Å². The molecule has 0 amide bonds. The fraction of sp³-hybridized carbons (Fsp3) is 0.429. The molecule has 6 heteroatoms. The van der Waals surface area contributed by atoms with Crippen LogP contribution in [-0.4, -0.2) is 49.2 Å². The SMILES string of the molecule is CC(O)CN(C)S(=O)(=O)c1cccc(C#CCCO)c1. The molecular formula is C14H19NO4S. The van der Waals surface area contributed by atoms with Crippen LogP contribution >= 0.6 is 0 Å². The van der Waals surface area contributed by atoms with Crippen LogP contribution in [0.1, 0.15) is 18.9 Å². The zero-order valence-corrected chi connectivity index (χ0v) is 12.4. The van der Waals surface area contributed by atoms with E-state index in [9.17, 15) is 13.5 Å². The van der Waals surface area contributed by atoms with E-state index in [-0.39, 0.29) is 18.0 Å². The maximum Gasteiger partial charge on any atom is 0.242 e. The van der Waals surface area contributed by atoms with Gasteiger partial charge in [-0.25, -0.2) is 8.42 Å². The van der Waals surface area contributed by atoms with Crippen LogP contribution in [-0.2, 0) is 10.0 Å². The highest BCUT2D eigenvalue weighted by Gasteiger charge is 2.21. The summed E-state index contributed by atoms with van der Waals surface area (Å²) in [6.45, 7) is 1.54. The number of aliphatic hydroxyl groups excluding tert-OH is 2. The molecule has 0 spiro atoms. The highest BCUT2D eigenvalue weighted by molar-refractivity contribution is 7.89. The van der Waals surface area contributed by atoms with Crippen LogP contribution in [0.2, 0.25) is 0 Å². The lowest BCUT2D eigenvalue weighted by atomic mass is 10.2. The Morgan fingerprint density at radius 2 is 2.10 bits per heavy atom. The number of aliphatic hydroxyl groups is 2. The number of sulfonamides is 1. The first kappa shape index (κ1) is 16.7. The van der Waals surface area contributed by atoms with E-state index in [1.54, 1.807) is 12.1 Å². The van der Waals surface area contributed by atoms with Crippen molar-refractivity contribution >= 4 is 10.0 Å². The Kier molecular flexibility index (Phi) is 6.17. The van der Waals surface area contributed by atoms with Gasteiger partial charge in [-0.05, 0) is 25.1 Å². The van der Waals surface area contributed by atoms with Crippen LogP contribution in [0.4, 0.5) is 0 Å². The lowest BCUT2D eigenvalue weighted by Gasteiger charge is -2.18. The molecule has 0 aromatic heterocycles. The van der Waals surface area contributed by atoms with E-state index in [1.165, 1.54) is 26.1 Å². The Labute approximate surface area is 119 Å². The second-order valence-corrected chi connectivity index (χ2v) is 6.48. The Hall–Kier alpha value is -1.39. The molecule has 0 saturated heterocycles. The summed E-state index contributed by atoms with van der Waals surface area (Å²) in [6, 6.07) is 6.30. The lowest BCUT2D eigenvalue weighted by molar-refractivity contribution is 0.171. The maximum atomic E-state index is 12.3. The predicted molar refractivity (Wildman–Crippen MR) is 76.5 cm³/mol. The number of rotatable bonds is 5. The molecule has 0 bridgehead atoms. The van der Waals surface area contributed by atoms with Crippen molar-refractivity contribution in [1.82, 2.24) is 4.31 Å². The van der Waals surface area contributed by atoms with E-state index >= 15 is 0 Å². The van der Waals surface area contributed by atoms with E-state index in [0.29, 0.717) is 12.0 Å². The Morgan fingerprint density at radius 1 is 1.40 bits per heavy atom. The second-order valence-electron chi connectivity index (χ2n) is 4.44. The molecular weight excluding hydrogens is 278 g/mol. The van der Waals surface area contributed by atoms with Crippen molar-refractivity contribution in [3.05, 3.63) is 29.8 Å². The molecule has 0 heterocycles. The van der Waals surface area contributed by atoms with E-state index < -0.39 is 16.1 Å². The van der Waals surface area contributed by atoms with Gasteiger partial charge in [-0.1, -0.05) is 17.9 Å². The van der Waals surface area contributed by atoms with E-state index in [1.807, 2.05) is 0 Å². The Morgan fingerprint density at radius 3 is 2.70 bits per heavy atom. The number of hydrogen-bond acceptors (Lipinski definition) is 4. The normalized spacial score (nSPS) is 12.8. The van der Waals surface area contributed by atoms with Crippen molar-refractivity contribution in [2.45, 2.75) is 24.3 Å². The maximum absolute atomic E-state index is 12.3. The highest BCUT2D eigenvalue weighted by atomic mass is 32.2. The molecule has 20 heavy (non-hydrogen) atoms. The zero-order valence-electron chi connectivity index (χ0n) is 11.6. The summed E-state index contributed by atoms with van der Waals surface area (Å²) in [4.78, 5) is 0.136. The number of likely N-dealkylation sites (N-methyl/N-ethyl adjacent to an activating group) is 1. The molecule has 0 aliphatic rings. The summed E-state index contributed by atoms with van der Waals surface area (Å²) in [5, 5.41) is 17.9. The summed E-state index contributed by atoms with van der Waals surface area (Å²) in [7, 11) is -2.21. The number of benzene rings is 1. The molecule has 0 aliphatic carbocycles. The van der Waals surface area contributed by atoms with Gasteiger partial charge in [0, 0.05) is 25.6 Å². The Balaban J connectivity index is 3.02. The third-order valence-electron chi connectivity index (χ3n) is 2.53. The van der Waals surface area contributed by atoms with Crippen molar-refractivity contribution in [3.63, 3.8) is 0 Å². The molecule has 0 aliphatic heterocycles. The third kappa shape index (κ3) is 4.62. The van der Waals surface area contributed by atoms with Crippen molar-refractivity contribution in [1.29, 1.82) is 0 Å². The van der Waals surface area contributed by atoms with Gasteiger partial charge >= 0.3 is 0 Å². The number of hydrogen-bond donors (Lipinski definition) is 2. The average Bonchev–Trinajstić information content (AvgIpc) is 2.38. The molecule has 110 valence electrons. The van der Waals surface area contributed by atoms with Crippen molar-refractivity contribution in [3.8, 4) is 11.8 Å². The van der Waals surface area contributed by atoms with Crippen molar-refractivity contribution in [2.24, 2.45) is 0 Å². The fourth-order valence-corrected chi connectivity index (χ4v) is 2.90. The van der Waals surface area contributed by atoms with Gasteiger partial charge in [-0.2, -0.15) is 4.31 Å². The lowest BCUT2D eigenvalue weighted by Crippen LogP contribution is -2.33. The average molecular weight is 297 g/mol. The van der Waals surface area contributed by atoms with E-state index in [2.05, 4.69) is 11.8 Å². The van der Waals surface area contributed by atoms with E-state index in [0.717, 1.165) is 4.31 Å². The summed E-state index contributed by atoms with van der Waals surface area (Å²) in [5.41, 5.74) is 0.574. The van der Waals surface area contributed by atoms with Crippen molar-refractivity contribution < 1.29 is 18.6 Å².